The Balaban J connectivity index is 2.19. The van der Waals surface area contributed by atoms with Crippen molar-refractivity contribution < 1.29 is 14.3 Å². The highest BCUT2D eigenvalue weighted by atomic mass is 16.5. The minimum atomic E-state index is -0.284. The molecule has 3 nitrogen and oxygen atoms in total. The number of carbonyl (C=O) groups is 1. The third-order valence-corrected chi connectivity index (χ3v) is 2.94. The van der Waals surface area contributed by atoms with E-state index in [1.54, 1.807) is 0 Å². The first-order valence-electron chi connectivity index (χ1n) is 6.44. The van der Waals surface area contributed by atoms with Gasteiger partial charge in [-0.3, -0.25) is 4.79 Å². The summed E-state index contributed by atoms with van der Waals surface area (Å²) in [5.74, 6) is 0.772. The van der Waals surface area contributed by atoms with Gasteiger partial charge in [-0.1, -0.05) is 27.2 Å². The fourth-order valence-corrected chi connectivity index (χ4v) is 1.92. The highest BCUT2D eigenvalue weighted by Crippen LogP contribution is 2.24. The molecular formula is C13H24O3. The minimum Gasteiger partial charge on any atom is -0.374 e. The number of hydrogen-bond acceptors (Lipinski definition) is 3. The molecular weight excluding hydrogens is 204 g/mol. The molecule has 1 fully saturated rings. The Morgan fingerprint density at radius 3 is 2.62 bits per heavy atom. The van der Waals surface area contributed by atoms with Crippen molar-refractivity contribution in [3.63, 3.8) is 0 Å². The highest BCUT2D eigenvalue weighted by Gasteiger charge is 2.41. The maximum atomic E-state index is 11.3. The monoisotopic (exact) mass is 228 g/mol. The van der Waals surface area contributed by atoms with Crippen LogP contribution in [0.2, 0.25) is 0 Å². The Morgan fingerprint density at radius 1 is 1.31 bits per heavy atom. The number of Topliss-reactive ketones (excluding diaryl/α,β-unsaturated/α-hetero) is 1. The Bertz CT molecular complexity index is 215. The molecule has 3 unspecified atom stereocenters. The predicted octanol–water partition coefficient (Wildman–Crippen LogP) is 2.58. The first kappa shape index (κ1) is 13.7. The molecule has 94 valence electrons. The minimum absolute atomic E-state index is 0.0124. The van der Waals surface area contributed by atoms with Crippen molar-refractivity contribution in [1.29, 1.82) is 0 Å². The Labute approximate surface area is 98.5 Å². The van der Waals surface area contributed by atoms with Crippen LogP contribution < -0.4 is 0 Å². The molecule has 0 saturated heterocycles. The van der Waals surface area contributed by atoms with Crippen molar-refractivity contribution in [3.05, 3.63) is 0 Å². The molecule has 0 amide bonds. The van der Waals surface area contributed by atoms with Gasteiger partial charge in [0.15, 0.2) is 5.78 Å². The molecule has 0 heterocycles. The summed E-state index contributed by atoms with van der Waals surface area (Å²) in [4.78, 5) is 11.3. The second kappa shape index (κ2) is 7.02. The van der Waals surface area contributed by atoms with Gasteiger partial charge in [0.05, 0.1) is 6.10 Å². The fraction of sp³-hybridized carbons (Fsp3) is 0.923. The van der Waals surface area contributed by atoms with Gasteiger partial charge in [0, 0.05) is 19.6 Å². The van der Waals surface area contributed by atoms with E-state index >= 15 is 0 Å². The van der Waals surface area contributed by atoms with Gasteiger partial charge in [0.25, 0.3) is 0 Å². The second-order valence-corrected chi connectivity index (χ2v) is 4.73. The van der Waals surface area contributed by atoms with E-state index in [2.05, 4.69) is 13.8 Å². The van der Waals surface area contributed by atoms with E-state index in [-0.39, 0.29) is 18.0 Å². The molecule has 16 heavy (non-hydrogen) atoms. The molecule has 0 radical (unpaired) electrons. The van der Waals surface area contributed by atoms with Crippen LogP contribution in [0.15, 0.2) is 0 Å². The quantitative estimate of drug-likeness (QED) is 0.640. The first-order valence-corrected chi connectivity index (χ1v) is 6.44. The Kier molecular flexibility index (Phi) is 5.99. The van der Waals surface area contributed by atoms with Crippen LogP contribution in [0.3, 0.4) is 0 Å². The maximum Gasteiger partial charge on any atom is 0.166 e. The third kappa shape index (κ3) is 3.87. The fourth-order valence-electron chi connectivity index (χ4n) is 1.92. The molecule has 0 spiro atoms. The standard InChI is InChI=1S/C13H24O3/c1-4-6-10(3)9-16-12-8-11(14)13(12)15-7-5-2/h10,12-13H,4-9H2,1-3H3. The van der Waals surface area contributed by atoms with Gasteiger partial charge in [-0.25, -0.2) is 0 Å². The molecule has 3 atom stereocenters. The van der Waals surface area contributed by atoms with Crippen LogP contribution in [-0.4, -0.2) is 31.2 Å². The zero-order valence-corrected chi connectivity index (χ0v) is 10.7. The van der Waals surface area contributed by atoms with Crippen molar-refractivity contribution in [2.45, 2.75) is 58.7 Å². The number of hydrogen-bond donors (Lipinski definition) is 0. The van der Waals surface area contributed by atoms with Gasteiger partial charge in [-0.15, -0.1) is 0 Å². The van der Waals surface area contributed by atoms with Crippen molar-refractivity contribution in [1.82, 2.24) is 0 Å². The number of carbonyl (C=O) groups excluding carboxylic acids is 1. The summed E-state index contributed by atoms with van der Waals surface area (Å²) in [6.07, 6.45) is 3.58. The lowest BCUT2D eigenvalue weighted by Crippen LogP contribution is -2.51. The van der Waals surface area contributed by atoms with E-state index < -0.39 is 0 Å². The van der Waals surface area contributed by atoms with Gasteiger partial charge in [0.2, 0.25) is 0 Å². The van der Waals surface area contributed by atoms with Crippen LogP contribution in [0.25, 0.3) is 0 Å². The van der Waals surface area contributed by atoms with Crippen molar-refractivity contribution in [3.8, 4) is 0 Å². The highest BCUT2D eigenvalue weighted by molar-refractivity contribution is 5.90. The molecule has 1 aliphatic rings. The number of ether oxygens (including phenoxy) is 2. The van der Waals surface area contributed by atoms with E-state index in [4.69, 9.17) is 9.47 Å². The van der Waals surface area contributed by atoms with Crippen LogP contribution in [0.4, 0.5) is 0 Å². The maximum absolute atomic E-state index is 11.3. The van der Waals surface area contributed by atoms with E-state index in [0.717, 1.165) is 13.0 Å². The van der Waals surface area contributed by atoms with Crippen molar-refractivity contribution in [2.75, 3.05) is 13.2 Å². The Morgan fingerprint density at radius 2 is 2.06 bits per heavy atom. The zero-order chi connectivity index (χ0) is 12.0. The average molecular weight is 228 g/mol. The molecule has 1 aliphatic carbocycles. The molecule has 0 bridgehead atoms. The molecule has 1 rings (SSSR count). The molecule has 0 N–H and O–H groups in total. The summed E-state index contributed by atoms with van der Waals surface area (Å²) in [5, 5.41) is 0. The van der Waals surface area contributed by atoms with Crippen LogP contribution in [-0.2, 0) is 14.3 Å². The van der Waals surface area contributed by atoms with Crippen molar-refractivity contribution in [2.24, 2.45) is 5.92 Å². The van der Waals surface area contributed by atoms with E-state index in [1.807, 2.05) is 6.92 Å². The van der Waals surface area contributed by atoms with Gasteiger partial charge in [-0.2, -0.15) is 0 Å². The van der Waals surface area contributed by atoms with E-state index in [0.29, 0.717) is 18.9 Å². The van der Waals surface area contributed by atoms with Gasteiger partial charge >= 0.3 is 0 Å². The largest absolute Gasteiger partial charge is 0.374 e. The lowest BCUT2D eigenvalue weighted by Gasteiger charge is -2.35. The molecule has 0 aromatic carbocycles. The van der Waals surface area contributed by atoms with Crippen LogP contribution in [0.5, 0.6) is 0 Å². The van der Waals surface area contributed by atoms with E-state index in [1.165, 1.54) is 12.8 Å². The van der Waals surface area contributed by atoms with Gasteiger partial charge < -0.3 is 9.47 Å². The topological polar surface area (TPSA) is 35.5 Å². The van der Waals surface area contributed by atoms with Gasteiger partial charge in [0.1, 0.15) is 6.10 Å². The summed E-state index contributed by atoms with van der Waals surface area (Å²) in [6, 6.07) is 0. The number of rotatable bonds is 8. The molecule has 3 heteroatoms. The average Bonchev–Trinajstić information content (AvgIpc) is 2.24. The van der Waals surface area contributed by atoms with Gasteiger partial charge in [-0.05, 0) is 18.8 Å². The smallest absolute Gasteiger partial charge is 0.166 e. The summed E-state index contributed by atoms with van der Waals surface area (Å²) in [6.45, 7) is 7.81. The molecule has 0 aliphatic heterocycles. The normalized spacial score (nSPS) is 26.6. The molecule has 0 aromatic rings. The summed E-state index contributed by atoms with van der Waals surface area (Å²) in [5.41, 5.74) is 0. The molecule has 0 aromatic heterocycles. The van der Waals surface area contributed by atoms with Crippen LogP contribution in [0.1, 0.15) is 46.5 Å². The molecule has 1 saturated carbocycles. The SMILES string of the molecule is CCCOC1C(=O)CC1OCC(C)CCC. The lowest BCUT2D eigenvalue weighted by molar-refractivity contribution is -0.167. The van der Waals surface area contributed by atoms with Crippen LogP contribution >= 0.6 is 0 Å². The van der Waals surface area contributed by atoms with Crippen molar-refractivity contribution >= 4 is 5.78 Å². The summed E-state index contributed by atoms with van der Waals surface area (Å²) < 4.78 is 11.2. The third-order valence-electron chi connectivity index (χ3n) is 2.94. The van der Waals surface area contributed by atoms with E-state index in [9.17, 15) is 4.79 Å². The van der Waals surface area contributed by atoms with Crippen LogP contribution in [0, 0.1) is 5.92 Å². The second-order valence-electron chi connectivity index (χ2n) is 4.73. The summed E-state index contributed by atoms with van der Waals surface area (Å²) in [7, 11) is 0. The zero-order valence-electron chi connectivity index (χ0n) is 10.7. The lowest BCUT2D eigenvalue weighted by atomic mass is 9.89. The predicted molar refractivity (Wildman–Crippen MR) is 63.5 cm³/mol. The first-order chi connectivity index (χ1) is 7.69. The Hall–Kier alpha value is -0.410. The summed E-state index contributed by atoms with van der Waals surface area (Å²) >= 11 is 0. The number of ketones is 1.